The molecule has 2 nitrogen and oxygen atoms in total. The first-order valence-corrected chi connectivity index (χ1v) is 7.07. The summed E-state index contributed by atoms with van der Waals surface area (Å²) >= 11 is 0. The minimum Gasteiger partial charge on any atom is -0.347 e. The first kappa shape index (κ1) is 14.1. The van der Waals surface area contributed by atoms with Crippen molar-refractivity contribution >= 4 is 10.9 Å². The lowest BCUT2D eigenvalue weighted by Crippen LogP contribution is -2.22. The van der Waals surface area contributed by atoms with Gasteiger partial charge in [0.25, 0.3) is 0 Å². The highest BCUT2D eigenvalue weighted by atomic mass is 15.0. The van der Waals surface area contributed by atoms with Gasteiger partial charge in [-0.15, -0.1) is 0 Å². The fraction of sp³-hybridized carbons (Fsp3) is 0.529. The van der Waals surface area contributed by atoms with E-state index in [1.54, 1.807) is 0 Å². The minimum absolute atomic E-state index is 0.122. The number of aryl methyl sites for hydroxylation is 3. The molecule has 1 aromatic heterocycles. The first-order chi connectivity index (χ1) is 8.81. The van der Waals surface area contributed by atoms with Crippen LogP contribution in [0.4, 0.5) is 0 Å². The third-order valence-electron chi connectivity index (χ3n) is 4.48. The lowest BCUT2D eigenvalue weighted by atomic mass is 9.79. The molecule has 0 fully saturated rings. The molecule has 0 amide bonds. The van der Waals surface area contributed by atoms with Crippen molar-refractivity contribution in [1.82, 2.24) is 4.57 Å². The number of aromatic nitrogens is 1. The van der Waals surface area contributed by atoms with Crippen LogP contribution in [0.5, 0.6) is 0 Å². The number of hydrogen-bond donors (Lipinski definition) is 1. The van der Waals surface area contributed by atoms with Gasteiger partial charge in [0.15, 0.2) is 0 Å². The highest BCUT2D eigenvalue weighted by Crippen LogP contribution is 2.39. The molecule has 0 saturated carbocycles. The van der Waals surface area contributed by atoms with Crippen molar-refractivity contribution in [2.75, 3.05) is 6.54 Å². The van der Waals surface area contributed by atoms with Crippen molar-refractivity contribution in [2.45, 2.75) is 46.5 Å². The predicted molar refractivity (Wildman–Crippen MR) is 83.8 cm³/mol. The Balaban J connectivity index is 2.89. The summed E-state index contributed by atoms with van der Waals surface area (Å²) in [6.45, 7) is 12.0. The first-order valence-electron chi connectivity index (χ1n) is 7.07. The van der Waals surface area contributed by atoms with E-state index in [9.17, 15) is 0 Å². The molecule has 0 atom stereocenters. The summed E-state index contributed by atoms with van der Waals surface area (Å²) in [5.41, 5.74) is 12.9. The van der Waals surface area contributed by atoms with Gasteiger partial charge >= 0.3 is 0 Å². The zero-order valence-corrected chi connectivity index (χ0v) is 13.1. The number of benzene rings is 1. The maximum Gasteiger partial charge on any atom is 0.0515 e. The van der Waals surface area contributed by atoms with Crippen LogP contribution in [-0.4, -0.2) is 11.1 Å². The smallest absolute Gasteiger partial charge is 0.0515 e. The molecule has 1 heterocycles. The zero-order valence-electron chi connectivity index (χ0n) is 13.1. The summed E-state index contributed by atoms with van der Waals surface area (Å²) in [5, 5.41) is 1.43. The van der Waals surface area contributed by atoms with Crippen LogP contribution in [0.15, 0.2) is 12.1 Å². The second-order valence-corrected chi connectivity index (χ2v) is 6.36. The molecule has 2 heteroatoms. The monoisotopic (exact) mass is 258 g/mol. The van der Waals surface area contributed by atoms with Gasteiger partial charge in [-0.3, -0.25) is 0 Å². The Morgan fingerprint density at radius 2 is 1.68 bits per heavy atom. The van der Waals surface area contributed by atoms with Crippen molar-refractivity contribution < 1.29 is 0 Å². The van der Waals surface area contributed by atoms with Crippen LogP contribution in [0.3, 0.4) is 0 Å². The maximum atomic E-state index is 5.81. The second kappa shape index (κ2) is 4.68. The summed E-state index contributed by atoms with van der Waals surface area (Å²) in [6, 6.07) is 4.45. The van der Waals surface area contributed by atoms with Crippen LogP contribution in [0.1, 0.15) is 42.7 Å². The highest BCUT2D eigenvalue weighted by molar-refractivity contribution is 5.91. The van der Waals surface area contributed by atoms with Gasteiger partial charge < -0.3 is 10.3 Å². The number of hydrogen-bond acceptors (Lipinski definition) is 1. The van der Waals surface area contributed by atoms with Gasteiger partial charge in [0.2, 0.25) is 0 Å². The Hall–Kier alpha value is -1.28. The quantitative estimate of drug-likeness (QED) is 0.893. The van der Waals surface area contributed by atoms with Crippen molar-refractivity contribution in [3.63, 3.8) is 0 Å². The number of nitrogens with two attached hydrogens (primary N) is 1. The van der Waals surface area contributed by atoms with E-state index in [1.165, 1.54) is 33.3 Å². The molecule has 104 valence electrons. The van der Waals surface area contributed by atoms with Crippen LogP contribution in [0.2, 0.25) is 0 Å². The van der Waals surface area contributed by atoms with Crippen molar-refractivity contribution in [3.05, 3.63) is 34.5 Å². The summed E-state index contributed by atoms with van der Waals surface area (Å²) in [4.78, 5) is 0. The van der Waals surface area contributed by atoms with Gasteiger partial charge in [0.1, 0.15) is 0 Å². The molecule has 0 bridgehead atoms. The lowest BCUT2D eigenvalue weighted by Gasteiger charge is -2.25. The third kappa shape index (κ3) is 2.08. The van der Waals surface area contributed by atoms with Crippen molar-refractivity contribution in [2.24, 2.45) is 12.8 Å². The predicted octanol–water partition coefficient (Wildman–Crippen LogP) is 3.73. The molecule has 0 unspecified atom stereocenters. The van der Waals surface area contributed by atoms with Crippen LogP contribution in [0, 0.1) is 20.8 Å². The van der Waals surface area contributed by atoms with Gasteiger partial charge in [-0.1, -0.05) is 26.0 Å². The molecule has 0 aliphatic heterocycles. The Kier molecular flexibility index (Phi) is 3.48. The van der Waals surface area contributed by atoms with E-state index in [2.05, 4.69) is 58.4 Å². The zero-order chi connectivity index (χ0) is 14.4. The van der Waals surface area contributed by atoms with E-state index in [0.29, 0.717) is 0 Å². The van der Waals surface area contributed by atoms with E-state index < -0.39 is 0 Å². The number of rotatable bonds is 3. The average Bonchev–Trinajstić information content (AvgIpc) is 2.59. The van der Waals surface area contributed by atoms with Crippen molar-refractivity contribution in [3.8, 4) is 0 Å². The summed E-state index contributed by atoms with van der Waals surface area (Å²) in [7, 11) is 2.17. The SMILES string of the molecule is Cc1ccc(C)c2c1c(C(C)(C)CCN)c(C)n2C. The second-order valence-electron chi connectivity index (χ2n) is 6.36. The van der Waals surface area contributed by atoms with Gasteiger partial charge in [-0.05, 0) is 55.8 Å². The standard InChI is InChI=1S/C17H26N2/c1-11-7-8-12(2)16-14(11)15(13(3)19(16)6)17(4,5)9-10-18/h7-8H,9-10,18H2,1-6H3. The minimum atomic E-state index is 0.122. The number of fused-ring (bicyclic) bond motifs is 1. The molecule has 0 aliphatic carbocycles. The van der Waals surface area contributed by atoms with Crippen LogP contribution >= 0.6 is 0 Å². The fourth-order valence-electron chi connectivity index (χ4n) is 3.37. The van der Waals surface area contributed by atoms with Gasteiger partial charge in [-0.2, -0.15) is 0 Å². The average molecular weight is 258 g/mol. The lowest BCUT2D eigenvalue weighted by molar-refractivity contribution is 0.487. The van der Waals surface area contributed by atoms with E-state index in [4.69, 9.17) is 5.73 Å². The Bertz CT molecular complexity index is 618. The molecule has 0 spiro atoms. The third-order valence-corrected chi connectivity index (χ3v) is 4.48. The molecule has 1 aromatic carbocycles. The normalized spacial score (nSPS) is 12.4. The van der Waals surface area contributed by atoms with E-state index in [1.807, 2.05) is 0 Å². The van der Waals surface area contributed by atoms with Crippen molar-refractivity contribution in [1.29, 1.82) is 0 Å². The maximum absolute atomic E-state index is 5.81. The van der Waals surface area contributed by atoms with E-state index in [0.717, 1.165) is 13.0 Å². The molecule has 0 aliphatic rings. The van der Waals surface area contributed by atoms with Gasteiger partial charge in [-0.25, -0.2) is 0 Å². The summed E-state index contributed by atoms with van der Waals surface area (Å²) in [6.07, 6.45) is 1.01. The molecule has 0 radical (unpaired) electrons. The van der Waals surface area contributed by atoms with Crippen LogP contribution in [0.25, 0.3) is 10.9 Å². The summed E-state index contributed by atoms with van der Waals surface area (Å²) in [5.74, 6) is 0. The van der Waals surface area contributed by atoms with Crippen LogP contribution < -0.4 is 5.73 Å². The molecule has 19 heavy (non-hydrogen) atoms. The largest absolute Gasteiger partial charge is 0.347 e. The Labute approximate surface area is 116 Å². The van der Waals surface area contributed by atoms with E-state index in [-0.39, 0.29) is 5.41 Å². The molecular weight excluding hydrogens is 232 g/mol. The molecule has 2 aromatic rings. The Morgan fingerprint density at radius 3 is 2.26 bits per heavy atom. The van der Waals surface area contributed by atoms with Gasteiger partial charge in [0.05, 0.1) is 5.52 Å². The molecule has 2 N–H and O–H groups in total. The fourth-order valence-corrected chi connectivity index (χ4v) is 3.37. The highest BCUT2D eigenvalue weighted by Gasteiger charge is 2.28. The summed E-state index contributed by atoms with van der Waals surface area (Å²) < 4.78 is 2.34. The topological polar surface area (TPSA) is 30.9 Å². The molecule has 2 rings (SSSR count). The van der Waals surface area contributed by atoms with Crippen LogP contribution in [-0.2, 0) is 12.5 Å². The van der Waals surface area contributed by atoms with E-state index >= 15 is 0 Å². The number of nitrogens with zero attached hydrogens (tertiary/aromatic N) is 1. The van der Waals surface area contributed by atoms with Gasteiger partial charge in [0, 0.05) is 18.1 Å². The molecular formula is C17H26N2. The molecule has 0 saturated heterocycles. The Morgan fingerprint density at radius 1 is 1.11 bits per heavy atom.